The number of ketones is 1. The highest BCUT2D eigenvalue weighted by atomic mass is 16.1. The van der Waals surface area contributed by atoms with Crippen molar-refractivity contribution in [3.05, 3.63) is 47.4 Å². The van der Waals surface area contributed by atoms with Crippen molar-refractivity contribution in [1.82, 2.24) is 9.88 Å². The van der Waals surface area contributed by atoms with Crippen molar-refractivity contribution < 1.29 is 4.79 Å². The van der Waals surface area contributed by atoms with Gasteiger partial charge in [0.2, 0.25) is 0 Å². The van der Waals surface area contributed by atoms with Gasteiger partial charge in [0.25, 0.3) is 0 Å². The Balaban J connectivity index is 1.51. The first-order chi connectivity index (χ1) is 13.9. The van der Waals surface area contributed by atoms with Gasteiger partial charge in [0.1, 0.15) is 0 Å². The summed E-state index contributed by atoms with van der Waals surface area (Å²) in [5.74, 6) is 2.43. The number of carbonyl (C=O) groups is 1. The van der Waals surface area contributed by atoms with E-state index < -0.39 is 0 Å². The third-order valence-corrected chi connectivity index (χ3v) is 8.95. The van der Waals surface area contributed by atoms with Crippen LogP contribution in [0.1, 0.15) is 64.0 Å². The van der Waals surface area contributed by atoms with E-state index >= 15 is 0 Å². The number of nitrogens with zero attached hydrogens (tertiary/aromatic N) is 2. The summed E-state index contributed by atoms with van der Waals surface area (Å²) in [7, 11) is 0. The van der Waals surface area contributed by atoms with Crippen LogP contribution in [0.25, 0.3) is 5.57 Å². The molecule has 2 fully saturated rings. The molecule has 2 heterocycles. The Hall–Kier alpha value is -1.90. The van der Waals surface area contributed by atoms with Gasteiger partial charge in [-0.25, -0.2) is 0 Å². The maximum atomic E-state index is 12.2. The molecule has 1 saturated carbocycles. The SMILES string of the molecule is CCN1C[C@@H]2[C@H](CC[C@]3(C)C(c4cncc(C)c4)=CC[C@@H]23)[C@@]2(C)CCC(=O)C=C12. The Morgan fingerprint density at radius 1 is 1.17 bits per heavy atom. The van der Waals surface area contributed by atoms with Crippen molar-refractivity contribution in [2.45, 2.75) is 59.8 Å². The number of hydrogen-bond acceptors (Lipinski definition) is 3. The van der Waals surface area contributed by atoms with E-state index in [9.17, 15) is 4.79 Å². The van der Waals surface area contributed by atoms with E-state index in [1.807, 2.05) is 12.3 Å². The lowest BCUT2D eigenvalue weighted by atomic mass is 9.49. The van der Waals surface area contributed by atoms with E-state index in [1.54, 1.807) is 0 Å². The monoisotopic (exact) mass is 390 g/mol. The summed E-state index contributed by atoms with van der Waals surface area (Å²) in [4.78, 5) is 19.3. The van der Waals surface area contributed by atoms with Gasteiger partial charge in [0, 0.05) is 49.1 Å². The molecule has 0 amide bonds. The van der Waals surface area contributed by atoms with E-state index in [1.165, 1.54) is 41.7 Å². The molecule has 29 heavy (non-hydrogen) atoms. The molecule has 5 rings (SSSR count). The number of piperidine rings is 1. The number of likely N-dealkylation sites (tertiary alicyclic amines) is 1. The predicted molar refractivity (Wildman–Crippen MR) is 117 cm³/mol. The molecule has 4 aliphatic rings. The Morgan fingerprint density at radius 2 is 2.00 bits per heavy atom. The summed E-state index contributed by atoms with van der Waals surface area (Å²) >= 11 is 0. The van der Waals surface area contributed by atoms with Crippen molar-refractivity contribution in [3.8, 4) is 0 Å². The Morgan fingerprint density at radius 3 is 2.76 bits per heavy atom. The van der Waals surface area contributed by atoms with Crippen molar-refractivity contribution in [2.75, 3.05) is 13.1 Å². The van der Waals surface area contributed by atoms with Crippen molar-refractivity contribution in [2.24, 2.45) is 28.6 Å². The molecule has 0 radical (unpaired) electrons. The zero-order valence-corrected chi connectivity index (χ0v) is 18.4. The number of allylic oxidation sites excluding steroid dienone is 4. The number of pyridine rings is 1. The molecule has 5 atom stereocenters. The molecule has 3 heteroatoms. The largest absolute Gasteiger partial charge is 0.374 e. The lowest BCUT2D eigenvalue weighted by Gasteiger charge is -2.60. The third-order valence-electron chi connectivity index (χ3n) is 8.95. The van der Waals surface area contributed by atoms with Gasteiger partial charge < -0.3 is 4.90 Å². The molecule has 0 bridgehead atoms. The summed E-state index contributed by atoms with van der Waals surface area (Å²) in [6.07, 6.45) is 14.0. The minimum atomic E-state index is 0.168. The molecular weight excluding hydrogens is 356 g/mol. The van der Waals surface area contributed by atoms with Crippen molar-refractivity contribution in [1.29, 1.82) is 0 Å². The highest BCUT2D eigenvalue weighted by molar-refractivity contribution is 5.91. The Kier molecular flexibility index (Phi) is 4.31. The van der Waals surface area contributed by atoms with Crippen LogP contribution in [0.15, 0.2) is 36.3 Å². The van der Waals surface area contributed by atoms with E-state index in [0.717, 1.165) is 25.9 Å². The fourth-order valence-electron chi connectivity index (χ4n) is 7.43. The molecule has 3 aliphatic carbocycles. The maximum Gasteiger partial charge on any atom is 0.157 e. The molecule has 0 N–H and O–H groups in total. The van der Waals surface area contributed by atoms with Crippen LogP contribution in [0.5, 0.6) is 0 Å². The molecule has 1 saturated heterocycles. The minimum absolute atomic E-state index is 0.168. The second kappa shape index (κ2) is 6.55. The fourth-order valence-corrected chi connectivity index (χ4v) is 7.43. The van der Waals surface area contributed by atoms with Crippen LogP contribution >= 0.6 is 0 Å². The van der Waals surface area contributed by atoms with Gasteiger partial charge in [-0.05, 0) is 85.5 Å². The van der Waals surface area contributed by atoms with Gasteiger partial charge in [-0.15, -0.1) is 0 Å². The second-order valence-electron chi connectivity index (χ2n) is 10.4. The van der Waals surface area contributed by atoms with Gasteiger partial charge in [0.15, 0.2) is 5.78 Å². The smallest absolute Gasteiger partial charge is 0.157 e. The zero-order valence-electron chi connectivity index (χ0n) is 18.4. The standard InChI is InChI=1S/C26H34N2O/c1-5-28-16-20-22-7-6-21(18-12-17(2)14-27-15-18)25(22,3)11-9-23(20)26(4)10-8-19(29)13-24(26)28/h6,12-15,20,22-23H,5,7-11,16H2,1-4H3/t20-,22-,23-,25+,26+/m0/s1. The Labute approximate surface area is 175 Å². The third kappa shape index (κ3) is 2.69. The number of hydrogen-bond donors (Lipinski definition) is 0. The van der Waals surface area contributed by atoms with Crippen LogP contribution in [-0.4, -0.2) is 28.8 Å². The minimum Gasteiger partial charge on any atom is -0.374 e. The zero-order chi connectivity index (χ0) is 20.4. The lowest BCUT2D eigenvalue weighted by molar-refractivity contribution is -0.118. The first kappa shape index (κ1) is 19.1. The van der Waals surface area contributed by atoms with Crippen LogP contribution in [0.2, 0.25) is 0 Å². The van der Waals surface area contributed by atoms with E-state index in [4.69, 9.17) is 0 Å². The number of fused-ring (bicyclic) bond motifs is 5. The lowest BCUT2D eigenvalue weighted by Crippen LogP contribution is -2.57. The van der Waals surface area contributed by atoms with Crippen LogP contribution in [0.3, 0.4) is 0 Å². The molecule has 1 aromatic rings. The summed E-state index contributed by atoms with van der Waals surface area (Å²) in [6.45, 7) is 11.5. The topological polar surface area (TPSA) is 33.2 Å². The predicted octanol–water partition coefficient (Wildman–Crippen LogP) is 5.41. The van der Waals surface area contributed by atoms with Crippen molar-refractivity contribution >= 4 is 11.4 Å². The molecule has 0 spiro atoms. The highest BCUT2D eigenvalue weighted by Gasteiger charge is 2.58. The van der Waals surface area contributed by atoms with Crippen LogP contribution < -0.4 is 0 Å². The van der Waals surface area contributed by atoms with E-state index in [2.05, 4.69) is 55.9 Å². The van der Waals surface area contributed by atoms with Gasteiger partial charge in [-0.3, -0.25) is 9.78 Å². The molecule has 154 valence electrons. The fraction of sp³-hybridized carbons (Fsp3) is 0.615. The van der Waals surface area contributed by atoms with E-state index in [0.29, 0.717) is 23.5 Å². The number of carbonyl (C=O) groups excluding carboxylic acids is 1. The average molecular weight is 391 g/mol. The van der Waals surface area contributed by atoms with Crippen LogP contribution in [0, 0.1) is 35.5 Å². The quantitative estimate of drug-likeness (QED) is 0.676. The molecule has 0 aromatic carbocycles. The first-order valence-electron chi connectivity index (χ1n) is 11.5. The van der Waals surface area contributed by atoms with Gasteiger partial charge in [-0.1, -0.05) is 19.9 Å². The summed E-state index contributed by atoms with van der Waals surface area (Å²) in [5.41, 5.74) is 5.86. The molecule has 1 aliphatic heterocycles. The van der Waals surface area contributed by atoms with E-state index in [-0.39, 0.29) is 10.8 Å². The molecule has 0 unspecified atom stereocenters. The van der Waals surface area contributed by atoms with Crippen molar-refractivity contribution in [3.63, 3.8) is 0 Å². The average Bonchev–Trinajstić information content (AvgIpc) is 3.05. The number of aromatic nitrogens is 1. The summed E-state index contributed by atoms with van der Waals surface area (Å²) in [5, 5.41) is 0. The number of rotatable bonds is 2. The Bertz CT molecular complexity index is 915. The molecule has 1 aromatic heterocycles. The summed E-state index contributed by atoms with van der Waals surface area (Å²) < 4.78 is 0. The number of aryl methyl sites for hydroxylation is 1. The van der Waals surface area contributed by atoms with Crippen LogP contribution in [0.4, 0.5) is 0 Å². The van der Waals surface area contributed by atoms with Gasteiger partial charge in [-0.2, -0.15) is 0 Å². The van der Waals surface area contributed by atoms with Crippen LogP contribution in [-0.2, 0) is 4.79 Å². The normalized spacial score (nSPS) is 38.7. The summed E-state index contributed by atoms with van der Waals surface area (Å²) in [6, 6.07) is 2.31. The second-order valence-corrected chi connectivity index (χ2v) is 10.4. The molecule has 3 nitrogen and oxygen atoms in total. The van der Waals surface area contributed by atoms with Gasteiger partial charge in [0.05, 0.1) is 0 Å². The maximum absolute atomic E-state index is 12.2. The highest BCUT2D eigenvalue weighted by Crippen LogP contribution is 2.65. The van der Waals surface area contributed by atoms with Gasteiger partial charge >= 0.3 is 0 Å². The molecular formula is C26H34N2O. The first-order valence-corrected chi connectivity index (χ1v) is 11.5.